The van der Waals surface area contributed by atoms with Gasteiger partial charge in [0.25, 0.3) is 5.70 Å². The maximum atomic E-state index is 13.6. The second kappa shape index (κ2) is 8.64. The number of carboxylic acid groups (broad SMARTS) is 1. The summed E-state index contributed by atoms with van der Waals surface area (Å²) in [5.41, 5.74) is -5.30. The van der Waals surface area contributed by atoms with Gasteiger partial charge in [-0.2, -0.15) is 0 Å². The lowest BCUT2D eigenvalue weighted by Crippen LogP contribution is -2.62. The molecule has 32 heavy (non-hydrogen) atoms. The number of hydrogen-bond donors (Lipinski definition) is 2. The van der Waals surface area contributed by atoms with Gasteiger partial charge < -0.3 is 15.2 Å². The van der Waals surface area contributed by atoms with Gasteiger partial charge in [0.05, 0.1) is 10.5 Å². The molecule has 0 bridgehead atoms. The third-order valence-electron chi connectivity index (χ3n) is 5.14. The number of nitro groups is 1. The average Bonchev–Trinajstić information content (AvgIpc) is 2.64. The molecule has 1 aromatic rings. The Morgan fingerprint density at radius 3 is 2.25 bits per heavy atom. The van der Waals surface area contributed by atoms with Crippen LogP contribution >= 0.6 is 0 Å². The minimum atomic E-state index is -1.92. The number of carboxylic acids is 1. The van der Waals surface area contributed by atoms with Gasteiger partial charge in [0.15, 0.2) is 17.5 Å². The first-order valence-electron chi connectivity index (χ1n) is 9.55. The second-order valence-electron chi connectivity index (χ2n) is 8.64. The van der Waals surface area contributed by atoms with Gasteiger partial charge in [-0.1, -0.05) is 6.08 Å². The first-order chi connectivity index (χ1) is 14.6. The Kier molecular flexibility index (Phi) is 6.72. The molecular formula is C21H23F3N2O6. The van der Waals surface area contributed by atoms with Crippen LogP contribution in [0.3, 0.4) is 0 Å². The number of carbonyl (C=O) groups is 2. The molecule has 0 spiro atoms. The number of halogens is 3. The summed E-state index contributed by atoms with van der Waals surface area (Å²) in [6.45, 7) is 5.94. The van der Waals surface area contributed by atoms with Crippen LogP contribution in [0.15, 0.2) is 36.1 Å². The molecule has 0 fully saturated rings. The monoisotopic (exact) mass is 456 g/mol. The summed E-state index contributed by atoms with van der Waals surface area (Å²) in [6.07, 6.45) is 1.41. The summed E-state index contributed by atoms with van der Waals surface area (Å²) in [6, 6.07) is 1.46. The second-order valence-corrected chi connectivity index (χ2v) is 8.64. The molecule has 1 aliphatic rings. The van der Waals surface area contributed by atoms with E-state index in [1.807, 2.05) is 0 Å². The Balaban J connectivity index is 2.57. The number of benzene rings is 1. The molecule has 2 N–H and O–H groups in total. The SMILES string of the molecule is CC(C)(C)OC(=O)N[C@]1(CCc2cc(F)c(F)c(F)c2)C=C([N+](=O)[O-])C=CC1(C)C(=O)O. The standard InChI is InChI=1S/C21H23F3N2O6/c1-19(2,3)32-18(29)25-21(8-5-12-9-14(22)16(24)15(23)10-12)11-13(26(30)31)6-7-20(21,4)17(27)28/h6-7,9-11H,5,8H2,1-4H3,(H,25,29)(H,27,28)/t20?,21-/m1/s1. The van der Waals surface area contributed by atoms with E-state index in [4.69, 9.17) is 4.74 Å². The summed E-state index contributed by atoms with van der Waals surface area (Å²) in [4.78, 5) is 35.4. The Morgan fingerprint density at radius 1 is 1.22 bits per heavy atom. The van der Waals surface area contributed by atoms with E-state index in [0.29, 0.717) is 0 Å². The Labute approximate surface area is 181 Å². The van der Waals surface area contributed by atoms with Crippen LogP contribution < -0.4 is 5.32 Å². The summed E-state index contributed by atoms with van der Waals surface area (Å²) in [5.74, 6) is -5.97. The van der Waals surface area contributed by atoms with Crippen LogP contribution in [0.4, 0.5) is 18.0 Å². The van der Waals surface area contributed by atoms with Gasteiger partial charge in [0.1, 0.15) is 11.0 Å². The number of carbonyl (C=O) groups excluding carboxylic acids is 1. The van der Waals surface area contributed by atoms with Crippen molar-refractivity contribution in [1.82, 2.24) is 5.32 Å². The number of aryl methyl sites for hydroxylation is 1. The number of rotatable bonds is 6. The van der Waals surface area contributed by atoms with E-state index in [0.717, 1.165) is 30.4 Å². The summed E-state index contributed by atoms with van der Waals surface area (Å²) in [7, 11) is 0. The van der Waals surface area contributed by atoms with Crippen LogP contribution in [0, 0.1) is 33.0 Å². The fraction of sp³-hybridized carbons (Fsp3) is 0.429. The van der Waals surface area contributed by atoms with E-state index < -0.39 is 56.7 Å². The van der Waals surface area contributed by atoms with Gasteiger partial charge in [0, 0.05) is 12.2 Å². The zero-order valence-corrected chi connectivity index (χ0v) is 17.9. The number of ether oxygens (including phenoxy) is 1. The molecule has 1 amide bonds. The summed E-state index contributed by atoms with van der Waals surface area (Å²) < 4.78 is 45.8. The molecule has 1 aromatic carbocycles. The van der Waals surface area contributed by atoms with Crippen molar-refractivity contribution in [2.24, 2.45) is 5.41 Å². The third kappa shape index (κ3) is 5.09. The van der Waals surface area contributed by atoms with Gasteiger partial charge in [-0.15, -0.1) is 0 Å². The lowest BCUT2D eigenvalue weighted by Gasteiger charge is -2.44. The van der Waals surface area contributed by atoms with Crippen molar-refractivity contribution in [3.63, 3.8) is 0 Å². The Hall–Kier alpha value is -3.37. The minimum Gasteiger partial charge on any atom is -0.481 e. The number of nitrogens with zero attached hydrogens (tertiary/aromatic N) is 1. The number of allylic oxidation sites excluding steroid dienone is 1. The maximum Gasteiger partial charge on any atom is 0.408 e. The predicted octanol–water partition coefficient (Wildman–Crippen LogP) is 4.12. The molecule has 0 heterocycles. The highest BCUT2D eigenvalue weighted by Gasteiger charge is 2.55. The summed E-state index contributed by atoms with van der Waals surface area (Å²) >= 11 is 0. The minimum absolute atomic E-state index is 0.0369. The fourth-order valence-electron chi connectivity index (χ4n) is 3.37. The maximum absolute atomic E-state index is 13.6. The van der Waals surface area contributed by atoms with Crippen LogP contribution in [0.2, 0.25) is 0 Å². The number of aliphatic carboxylic acids is 1. The highest BCUT2D eigenvalue weighted by atomic mass is 19.2. The molecule has 0 aromatic heterocycles. The molecule has 0 radical (unpaired) electrons. The lowest BCUT2D eigenvalue weighted by atomic mass is 9.65. The van der Waals surface area contributed by atoms with Crippen LogP contribution in [0.1, 0.15) is 39.7 Å². The number of hydrogen-bond acceptors (Lipinski definition) is 5. The van der Waals surface area contributed by atoms with E-state index in [2.05, 4.69) is 5.32 Å². The first kappa shape index (κ1) is 24.9. The molecule has 8 nitrogen and oxygen atoms in total. The number of amides is 1. The van der Waals surface area contributed by atoms with Crippen LogP contribution in [0.25, 0.3) is 0 Å². The molecule has 2 atom stereocenters. The molecule has 2 rings (SSSR count). The van der Waals surface area contributed by atoms with E-state index in [1.165, 1.54) is 6.92 Å². The molecule has 1 aliphatic carbocycles. The zero-order chi connectivity index (χ0) is 24.5. The van der Waals surface area contributed by atoms with Gasteiger partial charge in [0.2, 0.25) is 0 Å². The Morgan fingerprint density at radius 2 is 1.78 bits per heavy atom. The largest absolute Gasteiger partial charge is 0.481 e. The van der Waals surface area contributed by atoms with Crippen molar-refractivity contribution >= 4 is 12.1 Å². The lowest BCUT2D eigenvalue weighted by molar-refractivity contribution is -0.420. The normalized spacial score (nSPS) is 22.8. The van der Waals surface area contributed by atoms with E-state index >= 15 is 0 Å². The van der Waals surface area contributed by atoms with Gasteiger partial charge in [-0.25, -0.2) is 18.0 Å². The van der Waals surface area contributed by atoms with Crippen molar-refractivity contribution in [3.05, 3.63) is 69.2 Å². The first-order valence-corrected chi connectivity index (χ1v) is 9.55. The molecule has 1 unspecified atom stereocenters. The topological polar surface area (TPSA) is 119 Å². The van der Waals surface area contributed by atoms with Gasteiger partial charge in [-0.05, 0) is 58.2 Å². The van der Waals surface area contributed by atoms with Gasteiger partial charge >= 0.3 is 12.1 Å². The zero-order valence-electron chi connectivity index (χ0n) is 17.9. The molecule has 11 heteroatoms. The van der Waals surface area contributed by atoms with Crippen molar-refractivity contribution in [2.45, 2.75) is 51.7 Å². The molecule has 0 aliphatic heterocycles. The van der Waals surface area contributed by atoms with Crippen molar-refractivity contribution < 1.29 is 37.5 Å². The Bertz CT molecular complexity index is 994. The van der Waals surface area contributed by atoms with Crippen LogP contribution in [0.5, 0.6) is 0 Å². The van der Waals surface area contributed by atoms with E-state index in [-0.39, 0.29) is 18.4 Å². The number of nitrogens with one attached hydrogen (secondary N) is 1. The quantitative estimate of drug-likeness (QED) is 0.378. The molecule has 174 valence electrons. The highest BCUT2D eigenvalue weighted by molar-refractivity contribution is 5.82. The van der Waals surface area contributed by atoms with Crippen molar-refractivity contribution in [3.8, 4) is 0 Å². The average molecular weight is 456 g/mol. The van der Waals surface area contributed by atoms with Crippen molar-refractivity contribution in [2.75, 3.05) is 0 Å². The predicted molar refractivity (Wildman–Crippen MR) is 107 cm³/mol. The van der Waals surface area contributed by atoms with Crippen LogP contribution in [-0.4, -0.2) is 33.2 Å². The van der Waals surface area contributed by atoms with Crippen molar-refractivity contribution in [1.29, 1.82) is 0 Å². The molecule has 0 saturated carbocycles. The fourth-order valence-corrected chi connectivity index (χ4v) is 3.37. The highest BCUT2D eigenvalue weighted by Crippen LogP contribution is 2.42. The van der Waals surface area contributed by atoms with Gasteiger partial charge in [-0.3, -0.25) is 14.9 Å². The number of alkyl carbamates (subject to hydrolysis) is 1. The third-order valence-corrected chi connectivity index (χ3v) is 5.14. The summed E-state index contributed by atoms with van der Waals surface area (Å²) in [5, 5.41) is 23.7. The van der Waals surface area contributed by atoms with Crippen LogP contribution in [-0.2, 0) is 16.0 Å². The van der Waals surface area contributed by atoms with E-state index in [1.54, 1.807) is 20.8 Å². The molecular weight excluding hydrogens is 433 g/mol. The smallest absolute Gasteiger partial charge is 0.408 e. The molecule has 0 saturated heterocycles. The van der Waals surface area contributed by atoms with E-state index in [9.17, 15) is 38.0 Å².